The van der Waals surface area contributed by atoms with Crippen LogP contribution in [0.5, 0.6) is 0 Å². The number of rotatable bonds is 4. The molecule has 2 heterocycles. The van der Waals surface area contributed by atoms with Gasteiger partial charge in [-0.2, -0.15) is 5.10 Å². The van der Waals surface area contributed by atoms with E-state index in [-0.39, 0.29) is 13.1 Å². The topological polar surface area (TPSA) is 74.6 Å². The molecule has 6 nitrogen and oxygen atoms in total. The van der Waals surface area contributed by atoms with Crippen molar-refractivity contribution in [2.45, 2.75) is 32.6 Å². The van der Waals surface area contributed by atoms with Crippen molar-refractivity contribution in [3.8, 4) is 11.4 Å². The zero-order valence-corrected chi connectivity index (χ0v) is 10.8. The Labute approximate surface area is 105 Å². The monoisotopic (exact) mass is 252 g/mol. The van der Waals surface area contributed by atoms with Crippen LogP contribution >= 0.6 is 0 Å². The van der Waals surface area contributed by atoms with Crippen LogP contribution in [0, 0.1) is 0 Å². The van der Waals surface area contributed by atoms with E-state index in [9.17, 15) is 4.39 Å². The summed E-state index contributed by atoms with van der Waals surface area (Å²) in [6, 6.07) is 1.83. The number of nitrogens with zero attached hydrogens (tertiary/aromatic N) is 5. The van der Waals surface area contributed by atoms with Crippen LogP contribution in [0.3, 0.4) is 0 Å². The van der Waals surface area contributed by atoms with Gasteiger partial charge in [-0.3, -0.25) is 4.68 Å². The Kier molecular flexibility index (Phi) is 3.16. The molecule has 0 bridgehead atoms. The van der Waals surface area contributed by atoms with Gasteiger partial charge in [0.2, 0.25) is 0 Å². The van der Waals surface area contributed by atoms with Gasteiger partial charge in [-0.1, -0.05) is 5.21 Å². The van der Waals surface area contributed by atoms with E-state index < -0.39 is 5.67 Å². The lowest BCUT2D eigenvalue weighted by atomic mass is 10.1. The summed E-state index contributed by atoms with van der Waals surface area (Å²) in [7, 11) is 1.81. The van der Waals surface area contributed by atoms with Crippen LogP contribution in [0.25, 0.3) is 11.4 Å². The predicted molar refractivity (Wildman–Crippen MR) is 65.3 cm³/mol. The van der Waals surface area contributed by atoms with Gasteiger partial charge in [0.25, 0.3) is 0 Å². The summed E-state index contributed by atoms with van der Waals surface area (Å²) in [5.74, 6) is 0. The summed E-state index contributed by atoms with van der Waals surface area (Å²) in [4.78, 5) is 0. The fraction of sp³-hybridized carbons (Fsp3) is 0.545. The molecule has 0 amide bonds. The van der Waals surface area contributed by atoms with Gasteiger partial charge in [0.1, 0.15) is 17.1 Å². The summed E-state index contributed by atoms with van der Waals surface area (Å²) in [6.45, 7) is 3.39. The Balaban J connectivity index is 2.50. The number of halogens is 1. The van der Waals surface area contributed by atoms with Crippen LogP contribution in [0.15, 0.2) is 12.3 Å². The number of aryl methyl sites for hydroxylation is 1. The van der Waals surface area contributed by atoms with Gasteiger partial charge in [0, 0.05) is 19.8 Å². The molecule has 0 aromatic carbocycles. The normalized spacial score (nSPS) is 12.1. The Morgan fingerprint density at radius 3 is 2.67 bits per heavy atom. The van der Waals surface area contributed by atoms with Gasteiger partial charge >= 0.3 is 0 Å². The third-order valence-electron chi connectivity index (χ3n) is 2.59. The second kappa shape index (κ2) is 4.49. The summed E-state index contributed by atoms with van der Waals surface area (Å²) in [5, 5.41) is 12.1. The van der Waals surface area contributed by atoms with Crippen molar-refractivity contribution in [2.75, 3.05) is 0 Å². The molecule has 0 aliphatic rings. The zero-order valence-electron chi connectivity index (χ0n) is 10.8. The van der Waals surface area contributed by atoms with E-state index >= 15 is 0 Å². The van der Waals surface area contributed by atoms with Crippen LogP contribution in [0.1, 0.15) is 19.5 Å². The third-order valence-corrected chi connectivity index (χ3v) is 2.59. The molecule has 0 spiro atoms. The van der Waals surface area contributed by atoms with E-state index in [2.05, 4.69) is 15.4 Å². The highest BCUT2D eigenvalue weighted by atomic mass is 19.1. The van der Waals surface area contributed by atoms with E-state index in [0.717, 1.165) is 11.4 Å². The lowest BCUT2D eigenvalue weighted by Crippen LogP contribution is -2.23. The Morgan fingerprint density at radius 1 is 1.44 bits per heavy atom. The van der Waals surface area contributed by atoms with Gasteiger partial charge in [-0.25, -0.2) is 9.07 Å². The highest BCUT2D eigenvalue weighted by Gasteiger charge is 2.23. The zero-order chi connectivity index (χ0) is 13.3. The maximum atomic E-state index is 13.8. The van der Waals surface area contributed by atoms with Crippen LogP contribution in [-0.2, 0) is 20.1 Å². The van der Waals surface area contributed by atoms with Crippen LogP contribution in [-0.4, -0.2) is 30.4 Å². The van der Waals surface area contributed by atoms with Crippen LogP contribution in [0.2, 0.25) is 0 Å². The maximum Gasteiger partial charge on any atom is 0.125 e. The average Bonchev–Trinajstić information content (AvgIpc) is 2.82. The van der Waals surface area contributed by atoms with Crippen molar-refractivity contribution in [1.29, 1.82) is 0 Å². The Hall–Kier alpha value is -1.76. The lowest BCUT2D eigenvalue weighted by Gasteiger charge is -2.15. The maximum absolute atomic E-state index is 13.8. The summed E-state index contributed by atoms with van der Waals surface area (Å²) in [6.07, 6.45) is 1.67. The van der Waals surface area contributed by atoms with E-state index in [4.69, 9.17) is 5.73 Å². The van der Waals surface area contributed by atoms with Crippen molar-refractivity contribution < 1.29 is 4.39 Å². The largest absolute Gasteiger partial charge is 0.325 e. The van der Waals surface area contributed by atoms with Crippen molar-refractivity contribution in [3.63, 3.8) is 0 Å². The molecule has 2 N–H and O–H groups in total. The second-order valence-electron chi connectivity index (χ2n) is 4.81. The Bertz CT molecular complexity index is 536. The molecule has 0 fully saturated rings. The molecule has 2 aromatic rings. The van der Waals surface area contributed by atoms with Gasteiger partial charge in [0.15, 0.2) is 0 Å². The molecule has 7 heteroatoms. The molecular formula is C11H17FN6. The number of hydrogen-bond acceptors (Lipinski definition) is 4. The summed E-state index contributed by atoms with van der Waals surface area (Å²) >= 11 is 0. The fourth-order valence-electron chi connectivity index (χ4n) is 1.84. The number of hydrogen-bond donors (Lipinski definition) is 1. The van der Waals surface area contributed by atoms with Gasteiger partial charge in [-0.15, -0.1) is 5.10 Å². The van der Waals surface area contributed by atoms with Crippen molar-refractivity contribution in [3.05, 3.63) is 18.0 Å². The molecule has 0 saturated carbocycles. The van der Waals surface area contributed by atoms with Gasteiger partial charge in [0.05, 0.1) is 12.2 Å². The second-order valence-corrected chi connectivity index (χ2v) is 4.81. The molecule has 18 heavy (non-hydrogen) atoms. The summed E-state index contributed by atoms with van der Waals surface area (Å²) in [5.41, 5.74) is 6.47. The standard InChI is InChI=1S/C11H17FN6/c1-11(2,12)7-18-10(8(6-13)15-16-18)9-4-5-14-17(9)3/h4-5H,6-7,13H2,1-3H3. The lowest BCUT2D eigenvalue weighted by molar-refractivity contribution is 0.179. The number of nitrogens with two attached hydrogens (primary N) is 1. The molecule has 0 radical (unpaired) electrons. The number of aromatic nitrogens is 5. The number of alkyl halides is 1. The average molecular weight is 252 g/mol. The third kappa shape index (κ3) is 2.40. The fourth-order valence-corrected chi connectivity index (χ4v) is 1.84. The van der Waals surface area contributed by atoms with Gasteiger partial charge < -0.3 is 5.73 Å². The highest BCUT2D eigenvalue weighted by molar-refractivity contribution is 5.57. The minimum atomic E-state index is -1.37. The molecular weight excluding hydrogens is 235 g/mol. The van der Waals surface area contributed by atoms with E-state index in [1.54, 1.807) is 15.6 Å². The molecule has 2 aromatic heterocycles. The Morgan fingerprint density at radius 2 is 2.17 bits per heavy atom. The highest BCUT2D eigenvalue weighted by Crippen LogP contribution is 2.23. The molecule has 0 unspecified atom stereocenters. The van der Waals surface area contributed by atoms with Crippen molar-refractivity contribution in [1.82, 2.24) is 24.8 Å². The first-order valence-electron chi connectivity index (χ1n) is 5.72. The smallest absolute Gasteiger partial charge is 0.125 e. The molecule has 0 saturated heterocycles. The molecule has 0 atom stereocenters. The summed E-state index contributed by atoms with van der Waals surface area (Å²) < 4.78 is 17.0. The molecule has 98 valence electrons. The first kappa shape index (κ1) is 12.7. The van der Waals surface area contributed by atoms with E-state index in [1.165, 1.54) is 13.8 Å². The van der Waals surface area contributed by atoms with Crippen molar-refractivity contribution in [2.24, 2.45) is 12.8 Å². The van der Waals surface area contributed by atoms with Crippen LogP contribution < -0.4 is 5.73 Å². The predicted octanol–water partition coefficient (Wildman–Crippen LogP) is 0.885. The molecule has 2 rings (SSSR count). The first-order chi connectivity index (χ1) is 8.42. The van der Waals surface area contributed by atoms with E-state index in [1.807, 2.05) is 13.1 Å². The minimum Gasteiger partial charge on any atom is -0.325 e. The van der Waals surface area contributed by atoms with E-state index in [0.29, 0.717) is 5.69 Å². The van der Waals surface area contributed by atoms with Crippen molar-refractivity contribution >= 4 is 0 Å². The SMILES string of the molecule is Cn1nccc1-c1c(CN)nnn1CC(C)(C)F. The minimum absolute atomic E-state index is 0.126. The van der Waals surface area contributed by atoms with Gasteiger partial charge in [-0.05, 0) is 19.9 Å². The first-order valence-corrected chi connectivity index (χ1v) is 5.72. The quantitative estimate of drug-likeness (QED) is 0.876. The van der Waals surface area contributed by atoms with Crippen LogP contribution in [0.4, 0.5) is 4.39 Å². The molecule has 0 aliphatic heterocycles. The molecule has 0 aliphatic carbocycles.